The van der Waals surface area contributed by atoms with Gasteiger partial charge < -0.3 is 125 Å². The number of aliphatic hydroxyl groups is 7. The maximum Gasteiger partial charge on any atom is 0.341 e. The van der Waals surface area contributed by atoms with Crippen LogP contribution in [-0.2, 0) is 83.1 Å². The summed E-state index contributed by atoms with van der Waals surface area (Å²) in [6.45, 7) is 7.83. The summed E-state index contributed by atoms with van der Waals surface area (Å²) in [4.78, 5) is 211. The zero-order chi connectivity index (χ0) is 83.8. The molecule has 22 N–H and O–H groups in total. The second-order valence-corrected chi connectivity index (χ2v) is 29.3. The minimum absolute atomic E-state index is 0.0266. The maximum absolute atomic E-state index is 14.8. The standard InChI is InChI=1S/C73H118N14O25/c1-9-10-11-12-13-14-15-16-17-18-19-21-46-32-53(96)80-57(39(5)88)67(104)77-38(4)63(100)79-48(30-43-23-25-45(26-24-43)111-36-55(98)99)64(101)82-56(37(2)3)71(108)87-35-44(92)31-49(87)65(102)83-59(41(7)90)69(106)84-60(42(8)91)72(109)86-29-27-50(93)62(86)70(107)85-61(51(94)33-52(75)95)66(103)76-34-54(97)81-58(40(6)89)68(105)78-47(22-20-28-74)73(110)112-46/h23-26,37-42,44,46-51,56-62,88-94H,9-22,27-36,74H2,1-8H3,(H2,75,95)(H,76,103)(H,77,104)(H,78,105)(H,79,100)(H,80,96)(H,81,97)(H,82,101)(H,83,102)(H,84,106)(H,85,107)(H,98,99)/t38-,39-,40-,41-,42-,44-,46-,47+,48+,49+,50+,51-,56+,57-,58-,59-,60+,61+,62+/m1/s1. The Hall–Kier alpha value is -9.25. The van der Waals surface area contributed by atoms with E-state index in [2.05, 4.69) is 60.1 Å². The van der Waals surface area contributed by atoms with Crippen LogP contribution in [0.1, 0.15) is 177 Å². The van der Waals surface area contributed by atoms with Crippen LogP contribution < -0.4 is 69.4 Å². The lowest BCUT2D eigenvalue weighted by Gasteiger charge is -2.34. The minimum atomic E-state index is -2.23. The Morgan fingerprint density at radius 2 is 1.07 bits per heavy atom. The van der Waals surface area contributed by atoms with E-state index in [9.17, 15) is 113 Å². The lowest BCUT2D eigenvalue weighted by atomic mass is 9.99. The van der Waals surface area contributed by atoms with Crippen molar-refractivity contribution in [1.82, 2.24) is 63.0 Å². The SMILES string of the molecule is CCCCCCCCCCCCC[C@@H]1CC(=O)N[C@H]([C@@H](C)O)C(=O)N[C@H](C)C(=O)N[C@@H](Cc2ccc(OCC(=O)O)cc2)C(=O)N[C@@H](C(C)C)C(=O)N2C[C@H](O)C[C@H]2C(=O)N[C@H]([C@@H](C)O)C(=O)N[C@@H]([C@@H](C)O)C(=O)N2CC[C@H](O)[C@H]2C(=O)N[C@@H]([C@H](O)CC(N)=O)C(=O)NCC(=O)N[C@H]([C@@H](C)O)C(=O)N[C@@H](CCCN)C(=O)O1. The van der Waals surface area contributed by atoms with Crippen LogP contribution in [0.3, 0.4) is 0 Å². The number of carbonyl (C=O) groups is 15. The number of hydrogen-bond donors (Lipinski definition) is 20. The third-order valence-corrected chi connectivity index (χ3v) is 19.3. The number of aliphatic carboxylic acids is 1. The van der Waals surface area contributed by atoms with Crippen LogP contribution in [-0.4, -0.2) is 287 Å². The Kier molecular flexibility index (Phi) is 40.2. The number of carboxylic acids is 1. The molecule has 3 aliphatic rings. The van der Waals surface area contributed by atoms with E-state index in [1.54, 1.807) is 0 Å². The van der Waals surface area contributed by atoms with E-state index in [1.807, 2.05) is 0 Å². The molecule has 0 spiro atoms. The van der Waals surface area contributed by atoms with Gasteiger partial charge in [0.25, 0.3) is 0 Å². The molecule has 3 aliphatic heterocycles. The van der Waals surface area contributed by atoms with Crippen molar-refractivity contribution in [2.45, 2.75) is 293 Å². The van der Waals surface area contributed by atoms with Gasteiger partial charge >= 0.3 is 11.9 Å². The Morgan fingerprint density at radius 3 is 1.62 bits per heavy atom. The van der Waals surface area contributed by atoms with Gasteiger partial charge in [-0.2, -0.15) is 0 Å². The molecule has 3 heterocycles. The van der Waals surface area contributed by atoms with Crippen molar-refractivity contribution in [2.24, 2.45) is 17.4 Å². The topological polar surface area (TPSA) is 615 Å². The monoisotopic (exact) mass is 1590 g/mol. The van der Waals surface area contributed by atoms with Crippen molar-refractivity contribution in [3.63, 3.8) is 0 Å². The van der Waals surface area contributed by atoms with Crippen LogP contribution in [0.2, 0.25) is 0 Å². The lowest BCUT2D eigenvalue weighted by molar-refractivity contribution is -0.155. The van der Waals surface area contributed by atoms with E-state index in [1.165, 1.54) is 45.0 Å². The third kappa shape index (κ3) is 30.7. The average Bonchev–Trinajstić information content (AvgIpc) is 1.67. The van der Waals surface area contributed by atoms with Gasteiger partial charge in [0.15, 0.2) is 6.61 Å². The van der Waals surface area contributed by atoms with Crippen LogP contribution in [0, 0.1) is 5.92 Å². The number of hydrogen-bond acceptors (Lipinski definition) is 25. The van der Waals surface area contributed by atoms with E-state index in [0.717, 1.165) is 90.4 Å². The van der Waals surface area contributed by atoms with Crippen LogP contribution in [0.4, 0.5) is 0 Å². The average molecular weight is 1590 g/mol. The number of carbonyl (C=O) groups excluding carboxylic acids is 14. The summed E-state index contributed by atoms with van der Waals surface area (Å²) in [7, 11) is 0. The van der Waals surface area contributed by atoms with E-state index >= 15 is 0 Å². The van der Waals surface area contributed by atoms with E-state index in [4.69, 9.17) is 20.9 Å². The van der Waals surface area contributed by atoms with E-state index < -0.39 is 255 Å². The summed E-state index contributed by atoms with van der Waals surface area (Å²) in [6, 6.07) is -14.4. The van der Waals surface area contributed by atoms with Gasteiger partial charge in [0, 0.05) is 25.9 Å². The molecule has 3 fully saturated rings. The Labute approximate surface area is 650 Å². The highest BCUT2D eigenvalue weighted by molar-refractivity contribution is 6.00. The zero-order valence-corrected chi connectivity index (χ0v) is 64.9. The highest BCUT2D eigenvalue weighted by Crippen LogP contribution is 2.25. The number of benzene rings is 1. The van der Waals surface area contributed by atoms with E-state index in [-0.39, 0.29) is 44.4 Å². The summed E-state index contributed by atoms with van der Waals surface area (Å²) >= 11 is 0. The molecule has 39 nitrogen and oxygen atoms in total. The number of esters is 1. The van der Waals surface area contributed by atoms with Gasteiger partial charge in [0.1, 0.15) is 78.3 Å². The predicted octanol–water partition coefficient (Wildman–Crippen LogP) is -5.71. The van der Waals surface area contributed by atoms with Gasteiger partial charge in [-0.3, -0.25) is 62.3 Å². The van der Waals surface area contributed by atoms with Crippen molar-refractivity contribution in [2.75, 3.05) is 32.8 Å². The molecule has 1 aromatic rings. The van der Waals surface area contributed by atoms with Gasteiger partial charge in [0.05, 0.1) is 62.1 Å². The molecule has 0 unspecified atom stereocenters. The van der Waals surface area contributed by atoms with Gasteiger partial charge in [-0.15, -0.1) is 0 Å². The second-order valence-electron chi connectivity index (χ2n) is 29.3. The fourth-order valence-corrected chi connectivity index (χ4v) is 13.0. The largest absolute Gasteiger partial charge is 0.482 e. The minimum Gasteiger partial charge on any atom is -0.482 e. The van der Waals surface area contributed by atoms with Gasteiger partial charge in [0.2, 0.25) is 76.8 Å². The molecule has 630 valence electrons. The zero-order valence-electron chi connectivity index (χ0n) is 64.9. The van der Waals surface area contributed by atoms with Crippen molar-refractivity contribution in [3.8, 4) is 5.75 Å². The first-order valence-corrected chi connectivity index (χ1v) is 38.3. The molecule has 112 heavy (non-hydrogen) atoms. The van der Waals surface area contributed by atoms with Crippen molar-refractivity contribution >= 4 is 88.7 Å². The molecular formula is C73H118N14O25. The third-order valence-electron chi connectivity index (χ3n) is 19.3. The number of ether oxygens (including phenoxy) is 2. The number of primary amides is 1. The number of amides is 13. The molecule has 39 heteroatoms. The molecule has 13 amide bonds. The summed E-state index contributed by atoms with van der Waals surface area (Å²) < 4.78 is 11.2. The summed E-state index contributed by atoms with van der Waals surface area (Å²) in [6.07, 6.45) is -6.36. The van der Waals surface area contributed by atoms with Crippen molar-refractivity contribution < 1.29 is 122 Å². The van der Waals surface area contributed by atoms with Crippen LogP contribution in [0.25, 0.3) is 0 Å². The van der Waals surface area contributed by atoms with Crippen molar-refractivity contribution in [1.29, 1.82) is 0 Å². The van der Waals surface area contributed by atoms with Crippen molar-refractivity contribution in [3.05, 3.63) is 29.8 Å². The molecule has 4 rings (SSSR count). The number of fused-ring (bicyclic) bond motifs is 2. The number of cyclic esters (lactones) is 1. The normalized spacial score (nSPS) is 27.5. The summed E-state index contributed by atoms with van der Waals surface area (Å²) in [5.74, 6) is -18.4. The van der Waals surface area contributed by atoms with Gasteiger partial charge in [-0.1, -0.05) is 97.1 Å². The number of aliphatic hydroxyl groups excluding tert-OH is 7. The molecule has 0 bridgehead atoms. The quantitative estimate of drug-likeness (QED) is 0.0275. The molecule has 19 atom stereocenters. The highest BCUT2D eigenvalue weighted by Gasteiger charge is 2.48. The summed E-state index contributed by atoms with van der Waals surface area (Å²) in [5, 5.41) is 110. The number of unbranched alkanes of at least 4 members (excludes halogenated alkanes) is 10. The van der Waals surface area contributed by atoms with Crippen LogP contribution in [0.5, 0.6) is 5.75 Å². The van der Waals surface area contributed by atoms with Crippen LogP contribution in [0.15, 0.2) is 24.3 Å². The smallest absolute Gasteiger partial charge is 0.341 e. The molecular weight excluding hydrogens is 1470 g/mol. The summed E-state index contributed by atoms with van der Waals surface area (Å²) in [5.41, 5.74) is 11.5. The Morgan fingerprint density at radius 1 is 0.562 bits per heavy atom. The fraction of sp³-hybridized carbons (Fsp3) is 0.712. The fourth-order valence-electron chi connectivity index (χ4n) is 13.0. The van der Waals surface area contributed by atoms with Gasteiger partial charge in [-0.25, -0.2) is 9.59 Å². The number of nitrogens with two attached hydrogens (primary N) is 2. The van der Waals surface area contributed by atoms with E-state index in [0.29, 0.717) is 23.3 Å². The molecule has 3 saturated heterocycles. The highest BCUT2D eigenvalue weighted by atomic mass is 16.5. The molecule has 0 aliphatic carbocycles. The Balaban J connectivity index is 1.82. The molecule has 1 aromatic carbocycles. The Bertz CT molecular complexity index is 3350. The predicted molar refractivity (Wildman–Crippen MR) is 397 cm³/mol. The van der Waals surface area contributed by atoms with Crippen LogP contribution >= 0.6 is 0 Å². The molecule has 0 saturated carbocycles. The first-order valence-electron chi connectivity index (χ1n) is 38.3. The first-order chi connectivity index (χ1) is 52.8. The number of nitrogens with one attached hydrogen (secondary N) is 10. The number of carboxylic acid groups (broad SMARTS) is 1. The molecule has 0 radical (unpaired) electrons. The molecule has 0 aromatic heterocycles. The number of rotatable bonds is 28. The number of nitrogens with zero attached hydrogens (tertiary/aromatic N) is 2. The second kappa shape index (κ2) is 47.3. The maximum atomic E-state index is 14.8. The first kappa shape index (κ1) is 95.1. The van der Waals surface area contributed by atoms with Gasteiger partial charge in [-0.05, 0) is 96.9 Å². The lowest BCUT2D eigenvalue weighted by Crippen LogP contribution is -2.64.